The summed E-state index contributed by atoms with van der Waals surface area (Å²) in [4.78, 5) is 27.9. The molecule has 0 saturated heterocycles. The van der Waals surface area contributed by atoms with Crippen LogP contribution in [0, 0.1) is 5.82 Å². The number of hydrogen-bond donors (Lipinski definition) is 1. The Labute approximate surface area is 137 Å². The van der Waals surface area contributed by atoms with Crippen LogP contribution in [0.4, 0.5) is 4.39 Å². The maximum atomic E-state index is 13.7. The maximum Gasteiger partial charge on any atom is 0.341 e. The quantitative estimate of drug-likeness (QED) is 0.725. The number of carboxylic acids is 1. The fourth-order valence-electron chi connectivity index (χ4n) is 2.36. The van der Waals surface area contributed by atoms with E-state index in [4.69, 9.17) is 11.6 Å². The van der Waals surface area contributed by atoms with E-state index in [0.717, 1.165) is 17.8 Å². The zero-order valence-electron chi connectivity index (χ0n) is 11.6. The molecule has 3 heterocycles. The van der Waals surface area contributed by atoms with E-state index in [1.54, 1.807) is 6.92 Å². The van der Waals surface area contributed by atoms with Crippen molar-refractivity contribution in [3.8, 4) is 5.82 Å². The number of hydrogen-bond acceptors (Lipinski definition) is 6. The lowest BCUT2D eigenvalue weighted by Crippen LogP contribution is -2.24. The van der Waals surface area contributed by atoms with E-state index < -0.39 is 27.9 Å². The van der Waals surface area contributed by atoms with Gasteiger partial charge >= 0.3 is 5.97 Å². The Morgan fingerprint density at radius 2 is 2.26 bits per heavy atom. The van der Waals surface area contributed by atoms with E-state index in [2.05, 4.69) is 13.7 Å². The number of carbonyl (C=O) groups is 1. The first-order chi connectivity index (χ1) is 11.0. The summed E-state index contributed by atoms with van der Waals surface area (Å²) in [7, 11) is 0. The van der Waals surface area contributed by atoms with Crippen LogP contribution in [-0.2, 0) is 6.42 Å². The zero-order chi connectivity index (χ0) is 16.7. The molecule has 0 saturated carbocycles. The van der Waals surface area contributed by atoms with Gasteiger partial charge in [0.1, 0.15) is 5.56 Å². The number of halogens is 2. The second kappa shape index (κ2) is 5.67. The molecule has 0 aliphatic rings. The van der Waals surface area contributed by atoms with Crippen LogP contribution in [0.15, 0.2) is 17.1 Å². The fraction of sp³-hybridized carbons (Fsp3) is 0.154. The van der Waals surface area contributed by atoms with E-state index >= 15 is 0 Å². The molecule has 23 heavy (non-hydrogen) atoms. The lowest BCUT2D eigenvalue weighted by molar-refractivity contribution is 0.0693. The van der Waals surface area contributed by atoms with Gasteiger partial charge < -0.3 is 5.11 Å². The van der Waals surface area contributed by atoms with Gasteiger partial charge in [0, 0.05) is 5.69 Å². The maximum absolute atomic E-state index is 13.7. The molecule has 0 spiro atoms. The molecule has 0 radical (unpaired) electrons. The molecule has 0 amide bonds. The summed E-state index contributed by atoms with van der Waals surface area (Å²) in [5, 5.41) is 8.79. The van der Waals surface area contributed by atoms with Crippen molar-refractivity contribution in [2.24, 2.45) is 0 Å². The Balaban J connectivity index is 2.61. The van der Waals surface area contributed by atoms with Crippen LogP contribution in [-0.4, -0.2) is 29.4 Å². The molecule has 3 aromatic heterocycles. The average Bonchev–Trinajstić information content (AvgIpc) is 3.02. The van der Waals surface area contributed by atoms with Gasteiger partial charge in [-0.2, -0.15) is 8.75 Å². The Morgan fingerprint density at radius 3 is 2.83 bits per heavy atom. The number of carboxylic acid groups (broad SMARTS) is 1. The number of rotatable bonds is 3. The summed E-state index contributed by atoms with van der Waals surface area (Å²) >= 11 is 6.63. The van der Waals surface area contributed by atoms with Gasteiger partial charge in [0.2, 0.25) is 5.43 Å². The van der Waals surface area contributed by atoms with Crippen molar-refractivity contribution >= 4 is 40.3 Å². The van der Waals surface area contributed by atoms with Crippen molar-refractivity contribution in [2.75, 3.05) is 0 Å². The molecule has 0 aliphatic heterocycles. The van der Waals surface area contributed by atoms with Gasteiger partial charge in [-0.1, -0.05) is 18.5 Å². The predicted molar refractivity (Wildman–Crippen MR) is 82.1 cm³/mol. The first kappa shape index (κ1) is 15.5. The molecule has 3 rings (SSSR count). The Morgan fingerprint density at radius 1 is 1.52 bits per heavy atom. The third-order valence-corrected chi connectivity index (χ3v) is 4.02. The second-order valence-electron chi connectivity index (χ2n) is 4.54. The second-order valence-corrected chi connectivity index (χ2v) is 5.46. The van der Waals surface area contributed by atoms with Crippen LogP contribution in [0.25, 0.3) is 16.9 Å². The molecule has 0 atom stereocenters. The molecule has 0 aromatic carbocycles. The number of aromatic nitrogens is 4. The van der Waals surface area contributed by atoms with Gasteiger partial charge in [-0.25, -0.2) is 14.2 Å². The molecule has 0 bridgehead atoms. The normalized spacial score (nSPS) is 11.1. The predicted octanol–water partition coefficient (Wildman–Crippen LogP) is 2.29. The number of aromatic carboxylic acids is 1. The van der Waals surface area contributed by atoms with Gasteiger partial charge in [0.15, 0.2) is 22.4 Å². The minimum absolute atomic E-state index is 0.0379. The summed E-state index contributed by atoms with van der Waals surface area (Å²) in [6, 6.07) is 0.884. The van der Waals surface area contributed by atoms with Crippen molar-refractivity contribution in [3.63, 3.8) is 0 Å². The van der Waals surface area contributed by atoms with E-state index in [0.29, 0.717) is 0 Å². The Hall–Kier alpha value is -2.39. The van der Waals surface area contributed by atoms with Crippen LogP contribution in [0.2, 0.25) is 5.15 Å². The van der Waals surface area contributed by atoms with Gasteiger partial charge in [-0.3, -0.25) is 9.36 Å². The van der Waals surface area contributed by atoms with E-state index in [1.807, 2.05) is 0 Å². The number of pyridine rings is 2. The minimum Gasteiger partial charge on any atom is -0.477 e. The third kappa shape index (κ3) is 2.37. The van der Waals surface area contributed by atoms with Crippen LogP contribution < -0.4 is 5.43 Å². The Kier molecular flexibility index (Phi) is 3.82. The standard InChI is InChI=1S/C13H8ClFN4O3S/c1-2-7-9(13(21)22)10(20)5-3-6(15)11(14)17-12(5)19(7)8-4-16-23-18-8/h3-4H,2H2,1H3,(H,21,22). The van der Waals surface area contributed by atoms with E-state index in [-0.39, 0.29) is 29.0 Å². The molecule has 0 fully saturated rings. The molecule has 10 heteroatoms. The minimum atomic E-state index is -1.40. The van der Waals surface area contributed by atoms with Crippen molar-refractivity contribution in [1.29, 1.82) is 0 Å². The molecule has 1 N–H and O–H groups in total. The van der Waals surface area contributed by atoms with Crippen molar-refractivity contribution < 1.29 is 14.3 Å². The van der Waals surface area contributed by atoms with Crippen molar-refractivity contribution in [3.05, 3.63) is 44.7 Å². The van der Waals surface area contributed by atoms with E-state index in [9.17, 15) is 19.1 Å². The SMILES string of the molecule is CCc1c(C(=O)O)c(=O)c2cc(F)c(Cl)nc2n1-c1cnsn1. The highest BCUT2D eigenvalue weighted by Crippen LogP contribution is 2.23. The van der Waals surface area contributed by atoms with Crippen molar-refractivity contribution in [2.45, 2.75) is 13.3 Å². The molecule has 3 aromatic rings. The summed E-state index contributed by atoms with van der Waals surface area (Å²) in [6.07, 6.45) is 1.62. The lowest BCUT2D eigenvalue weighted by atomic mass is 10.1. The zero-order valence-corrected chi connectivity index (χ0v) is 13.2. The highest BCUT2D eigenvalue weighted by atomic mass is 35.5. The summed E-state index contributed by atoms with van der Waals surface area (Å²) in [6.45, 7) is 1.69. The monoisotopic (exact) mass is 354 g/mol. The third-order valence-electron chi connectivity index (χ3n) is 3.28. The van der Waals surface area contributed by atoms with Crippen LogP contribution in [0.1, 0.15) is 23.0 Å². The molecular formula is C13H8ClFN4O3S. The first-order valence-electron chi connectivity index (χ1n) is 6.40. The molecule has 7 nitrogen and oxygen atoms in total. The molecule has 0 aliphatic carbocycles. The van der Waals surface area contributed by atoms with Gasteiger partial charge in [-0.15, -0.1) is 0 Å². The van der Waals surface area contributed by atoms with Gasteiger partial charge in [0.05, 0.1) is 23.3 Å². The molecular weight excluding hydrogens is 347 g/mol. The fourth-order valence-corrected chi connectivity index (χ4v) is 2.90. The molecule has 0 unspecified atom stereocenters. The topological polar surface area (TPSA) is 98.0 Å². The summed E-state index contributed by atoms with van der Waals surface area (Å²) < 4.78 is 23.0. The highest BCUT2D eigenvalue weighted by Gasteiger charge is 2.24. The number of fused-ring (bicyclic) bond motifs is 1. The smallest absolute Gasteiger partial charge is 0.341 e. The molecule has 118 valence electrons. The summed E-state index contributed by atoms with van der Waals surface area (Å²) in [5.74, 6) is -2.02. The largest absolute Gasteiger partial charge is 0.477 e. The highest BCUT2D eigenvalue weighted by molar-refractivity contribution is 6.99. The lowest BCUT2D eigenvalue weighted by Gasteiger charge is -2.15. The van der Waals surface area contributed by atoms with Gasteiger partial charge in [0.25, 0.3) is 0 Å². The van der Waals surface area contributed by atoms with Crippen LogP contribution in [0.5, 0.6) is 0 Å². The van der Waals surface area contributed by atoms with E-state index in [1.165, 1.54) is 10.8 Å². The van der Waals surface area contributed by atoms with Gasteiger partial charge in [-0.05, 0) is 12.5 Å². The van der Waals surface area contributed by atoms with Crippen LogP contribution in [0.3, 0.4) is 0 Å². The number of nitrogens with zero attached hydrogens (tertiary/aromatic N) is 4. The average molecular weight is 355 g/mol. The first-order valence-corrected chi connectivity index (χ1v) is 7.51. The van der Waals surface area contributed by atoms with Crippen molar-refractivity contribution in [1.82, 2.24) is 18.3 Å². The van der Waals surface area contributed by atoms with Crippen LogP contribution >= 0.6 is 23.3 Å². The Bertz CT molecular complexity index is 987. The summed E-state index contributed by atoms with van der Waals surface area (Å²) in [5.41, 5.74) is -1.03.